The lowest BCUT2D eigenvalue weighted by Gasteiger charge is -2.36. The van der Waals surface area contributed by atoms with Crippen LogP contribution in [0.1, 0.15) is 23.6 Å². The van der Waals surface area contributed by atoms with Gasteiger partial charge in [-0.2, -0.15) is 0 Å². The van der Waals surface area contributed by atoms with Crippen molar-refractivity contribution in [2.24, 2.45) is 0 Å². The van der Waals surface area contributed by atoms with Gasteiger partial charge in [0, 0.05) is 5.56 Å². The first-order valence-corrected chi connectivity index (χ1v) is 11.5. The minimum Gasteiger partial charge on any atom is -0.487 e. The van der Waals surface area contributed by atoms with Crippen LogP contribution in [0.15, 0.2) is 109 Å². The molecule has 0 radical (unpaired) electrons. The molecule has 0 amide bonds. The Labute approximate surface area is 195 Å². The topological polar surface area (TPSA) is 27.7 Å². The summed E-state index contributed by atoms with van der Waals surface area (Å²) in [7, 11) is 0. The summed E-state index contributed by atoms with van der Waals surface area (Å²) in [6.45, 7) is 3.09. The van der Waals surface area contributed by atoms with Gasteiger partial charge in [-0.3, -0.25) is 0 Å². The van der Waals surface area contributed by atoms with Crippen LogP contribution in [-0.2, 0) is 27.4 Å². The summed E-state index contributed by atoms with van der Waals surface area (Å²) in [6.07, 6.45) is 1.48. The van der Waals surface area contributed by atoms with Crippen LogP contribution in [0.4, 0.5) is 0 Å². The van der Waals surface area contributed by atoms with E-state index in [1.165, 1.54) is 10.8 Å². The molecule has 0 unspecified atom stereocenters. The molecule has 1 aliphatic heterocycles. The molecule has 33 heavy (non-hydrogen) atoms. The Kier molecular flexibility index (Phi) is 6.52. The maximum absolute atomic E-state index is 6.42. The Morgan fingerprint density at radius 3 is 2.00 bits per heavy atom. The normalized spacial score (nSPS) is 20.3. The van der Waals surface area contributed by atoms with Gasteiger partial charge in [0.15, 0.2) is 0 Å². The van der Waals surface area contributed by atoms with E-state index in [2.05, 4.69) is 79.7 Å². The number of fused-ring (bicyclic) bond motifs is 1. The van der Waals surface area contributed by atoms with Gasteiger partial charge >= 0.3 is 0 Å². The monoisotopic (exact) mass is 436 g/mol. The molecule has 3 atom stereocenters. The van der Waals surface area contributed by atoms with Crippen molar-refractivity contribution >= 4 is 16.5 Å². The highest BCUT2D eigenvalue weighted by molar-refractivity contribution is 5.92. The Hall–Kier alpha value is -3.40. The summed E-state index contributed by atoms with van der Waals surface area (Å²) < 4.78 is 19.2. The molecule has 4 aromatic rings. The van der Waals surface area contributed by atoms with E-state index in [1.54, 1.807) is 0 Å². The zero-order chi connectivity index (χ0) is 22.5. The summed E-state index contributed by atoms with van der Waals surface area (Å²) >= 11 is 0. The van der Waals surface area contributed by atoms with Gasteiger partial charge in [0.2, 0.25) is 0 Å². The van der Waals surface area contributed by atoms with Crippen molar-refractivity contribution in [2.75, 3.05) is 0 Å². The average Bonchev–Trinajstić information content (AvgIpc) is 2.87. The van der Waals surface area contributed by atoms with Crippen LogP contribution in [0, 0.1) is 0 Å². The maximum atomic E-state index is 6.42. The Bertz CT molecular complexity index is 1210. The van der Waals surface area contributed by atoms with Gasteiger partial charge in [0.1, 0.15) is 24.1 Å². The van der Waals surface area contributed by atoms with Gasteiger partial charge in [-0.15, -0.1) is 0 Å². The zero-order valence-corrected chi connectivity index (χ0v) is 18.8. The highest BCUT2D eigenvalue weighted by atomic mass is 16.6. The lowest BCUT2D eigenvalue weighted by Crippen LogP contribution is -2.43. The van der Waals surface area contributed by atoms with E-state index in [0.717, 1.165) is 22.4 Å². The maximum Gasteiger partial charge on any atom is 0.126 e. The average molecular weight is 437 g/mol. The molecule has 166 valence electrons. The van der Waals surface area contributed by atoms with Gasteiger partial charge in [-0.1, -0.05) is 103 Å². The van der Waals surface area contributed by atoms with Crippen molar-refractivity contribution in [2.45, 2.75) is 38.4 Å². The first-order chi connectivity index (χ1) is 16.3. The standard InChI is InChI=1S/C30H28O3/c1-22-30(32-21-24-13-6-3-7-14-24)29(31-20-23-11-4-2-5-12-23)19-28(33-22)27-18-10-16-25-15-8-9-17-26(25)27/h2-19,22,29-30H,20-21H2,1H3/t22-,29-,30-/m0/s1. The smallest absolute Gasteiger partial charge is 0.126 e. The van der Waals surface area contributed by atoms with Crippen LogP contribution in [0.5, 0.6) is 0 Å². The quantitative estimate of drug-likeness (QED) is 0.320. The summed E-state index contributed by atoms with van der Waals surface area (Å²) in [5.74, 6) is 0.844. The van der Waals surface area contributed by atoms with Crippen LogP contribution in [-0.4, -0.2) is 18.3 Å². The van der Waals surface area contributed by atoms with Crippen LogP contribution in [0.3, 0.4) is 0 Å². The molecule has 3 nitrogen and oxygen atoms in total. The second-order valence-corrected chi connectivity index (χ2v) is 8.40. The van der Waals surface area contributed by atoms with E-state index in [0.29, 0.717) is 13.2 Å². The van der Waals surface area contributed by atoms with Crippen molar-refractivity contribution in [1.82, 2.24) is 0 Å². The van der Waals surface area contributed by atoms with Crippen LogP contribution in [0.25, 0.3) is 16.5 Å². The number of hydrogen-bond acceptors (Lipinski definition) is 3. The minimum absolute atomic E-state index is 0.159. The highest BCUT2D eigenvalue weighted by Crippen LogP contribution is 2.33. The number of ether oxygens (including phenoxy) is 3. The third kappa shape index (κ3) is 5.00. The third-order valence-electron chi connectivity index (χ3n) is 6.04. The SMILES string of the molecule is C[C@@H]1OC(c2cccc3ccccc23)=C[C@H](OCc2ccccc2)[C@H]1OCc1ccccc1. The molecule has 0 bridgehead atoms. The minimum atomic E-state index is -0.230. The number of rotatable bonds is 7. The molecule has 1 heterocycles. The van der Waals surface area contributed by atoms with Gasteiger partial charge in [-0.05, 0) is 34.9 Å². The van der Waals surface area contributed by atoms with Crippen molar-refractivity contribution in [3.05, 3.63) is 126 Å². The highest BCUT2D eigenvalue weighted by Gasteiger charge is 2.34. The van der Waals surface area contributed by atoms with Crippen molar-refractivity contribution < 1.29 is 14.2 Å². The predicted octanol–water partition coefficient (Wildman–Crippen LogP) is 6.77. The molecule has 4 aromatic carbocycles. The van der Waals surface area contributed by atoms with Crippen molar-refractivity contribution in [1.29, 1.82) is 0 Å². The van der Waals surface area contributed by atoms with Gasteiger partial charge in [-0.25, -0.2) is 0 Å². The van der Waals surface area contributed by atoms with E-state index >= 15 is 0 Å². The fourth-order valence-electron chi connectivity index (χ4n) is 4.32. The Morgan fingerprint density at radius 1 is 0.667 bits per heavy atom. The number of benzene rings is 4. The van der Waals surface area contributed by atoms with E-state index in [4.69, 9.17) is 14.2 Å². The van der Waals surface area contributed by atoms with Gasteiger partial charge < -0.3 is 14.2 Å². The third-order valence-corrected chi connectivity index (χ3v) is 6.04. The van der Waals surface area contributed by atoms with Crippen LogP contribution < -0.4 is 0 Å². The lowest BCUT2D eigenvalue weighted by atomic mass is 9.98. The van der Waals surface area contributed by atoms with Crippen molar-refractivity contribution in [3.8, 4) is 0 Å². The molecule has 3 heteroatoms. The fraction of sp³-hybridized carbons (Fsp3) is 0.200. The van der Waals surface area contributed by atoms with Gasteiger partial charge in [0.25, 0.3) is 0 Å². The van der Waals surface area contributed by atoms with E-state index in [9.17, 15) is 0 Å². The largest absolute Gasteiger partial charge is 0.487 e. The molecule has 1 aliphatic rings. The van der Waals surface area contributed by atoms with E-state index in [1.807, 2.05) is 36.4 Å². The molecular formula is C30H28O3. The van der Waals surface area contributed by atoms with Gasteiger partial charge in [0.05, 0.1) is 13.2 Å². The molecule has 0 spiro atoms. The van der Waals surface area contributed by atoms with E-state index < -0.39 is 0 Å². The molecule has 0 aromatic heterocycles. The molecule has 0 N–H and O–H groups in total. The summed E-state index contributed by atoms with van der Waals surface area (Å²) in [6, 6.07) is 35.2. The zero-order valence-electron chi connectivity index (χ0n) is 18.8. The van der Waals surface area contributed by atoms with E-state index in [-0.39, 0.29) is 18.3 Å². The Morgan fingerprint density at radius 2 is 1.27 bits per heavy atom. The first-order valence-electron chi connectivity index (χ1n) is 11.5. The molecule has 0 aliphatic carbocycles. The van der Waals surface area contributed by atoms with Crippen molar-refractivity contribution in [3.63, 3.8) is 0 Å². The first kappa shape index (κ1) is 21.4. The van der Waals surface area contributed by atoms with Crippen LogP contribution in [0.2, 0.25) is 0 Å². The summed E-state index contributed by atoms with van der Waals surface area (Å²) in [4.78, 5) is 0. The number of hydrogen-bond donors (Lipinski definition) is 0. The molecule has 0 saturated heterocycles. The molecular weight excluding hydrogens is 408 g/mol. The summed E-state index contributed by atoms with van der Waals surface area (Å²) in [5, 5.41) is 2.36. The fourth-order valence-corrected chi connectivity index (χ4v) is 4.32. The predicted molar refractivity (Wildman–Crippen MR) is 133 cm³/mol. The lowest BCUT2D eigenvalue weighted by molar-refractivity contribution is -0.119. The Balaban J connectivity index is 1.44. The van der Waals surface area contributed by atoms with Crippen LogP contribution >= 0.6 is 0 Å². The summed E-state index contributed by atoms with van der Waals surface area (Å²) in [5.41, 5.74) is 3.35. The second-order valence-electron chi connectivity index (χ2n) is 8.40. The second kappa shape index (κ2) is 10.0. The molecule has 0 saturated carbocycles. The molecule has 5 rings (SSSR count). The molecule has 0 fully saturated rings.